The Balaban J connectivity index is 1.92. The van der Waals surface area contributed by atoms with E-state index in [1.807, 2.05) is 6.07 Å². The molecule has 0 amide bonds. The monoisotopic (exact) mass is 288 g/mol. The lowest BCUT2D eigenvalue weighted by molar-refractivity contribution is 0.0597. The van der Waals surface area contributed by atoms with Crippen molar-refractivity contribution in [1.29, 1.82) is 0 Å². The molecule has 0 saturated carbocycles. The number of nitrogens with zero attached hydrogens (tertiary/aromatic N) is 2. The molecule has 0 fully saturated rings. The fraction of sp³-hybridized carbons (Fsp3) is 0.214. The van der Waals surface area contributed by atoms with Crippen molar-refractivity contribution in [2.75, 3.05) is 13.9 Å². The molecule has 3 rings (SSSR count). The predicted molar refractivity (Wildman–Crippen MR) is 71.5 cm³/mol. The normalized spacial score (nSPS) is 12.2. The van der Waals surface area contributed by atoms with E-state index in [0.29, 0.717) is 11.5 Å². The molecule has 1 aromatic carbocycles. The van der Waals surface area contributed by atoms with Crippen LogP contribution in [0.1, 0.15) is 15.9 Å². The summed E-state index contributed by atoms with van der Waals surface area (Å²) in [6, 6.07) is 5.39. The maximum absolute atomic E-state index is 12.2. The standard InChI is InChI=1S/C14H12N2O5/c1-19-14(18)10-5-15-7-16(13(10)17)6-9-2-3-11-12(4-9)21-8-20-11/h2-5,7H,6,8H2,1H3. The number of benzene rings is 1. The first-order valence-electron chi connectivity index (χ1n) is 6.20. The van der Waals surface area contributed by atoms with Crippen molar-refractivity contribution in [3.63, 3.8) is 0 Å². The molecule has 7 nitrogen and oxygen atoms in total. The molecule has 1 aromatic heterocycles. The smallest absolute Gasteiger partial charge is 0.345 e. The van der Waals surface area contributed by atoms with Crippen molar-refractivity contribution < 1.29 is 19.0 Å². The summed E-state index contributed by atoms with van der Waals surface area (Å²) in [6.07, 6.45) is 2.57. The lowest BCUT2D eigenvalue weighted by atomic mass is 10.2. The van der Waals surface area contributed by atoms with Gasteiger partial charge in [-0.25, -0.2) is 9.78 Å². The zero-order valence-electron chi connectivity index (χ0n) is 11.2. The predicted octanol–water partition coefficient (Wildman–Crippen LogP) is 0.807. The van der Waals surface area contributed by atoms with Gasteiger partial charge >= 0.3 is 5.97 Å². The molecule has 2 aromatic rings. The Bertz CT molecular complexity index is 753. The quantitative estimate of drug-likeness (QED) is 0.777. The van der Waals surface area contributed by atoms with Crippen molar-refractivity contribution in [2.45, 2.75) is 6.54 Å². The largest absolute Gasteiger partial charge is 0.465 e. The van der Waals surface area contributed by atoms with Crippen LogP contribution < -0.4 is 15.0 Å². The topological polar surface area (TPSA) is 79.7 Å². The summed E-state index contributed by atoms with van der Waals surface area (Å²) < 4.78 is 16.4. The highest BCUT2D eigenvalue weighted by Crippen LogP contribution is 2.32. The van der Waals surface area contributed by atoms with Crippen LogP contribution in [0.25, 0.3) is 0 Å². The van der Waals surface area contributed by atoms with Gasteiger partial charge in [0.05, 0.1) is 20.0 Å². The average Bonchev–Trinajstić information content (AvgIpc) is 2.96. The van der Waals surface area contributed by atoms with Crippen LogP contribution in [0.15, 0.2) is 35.5 Å². The number of carbonyl (C=O) groups excluding carboxylic acids is 1. The lowest BCUT2D eigenvalue weighted by Crippen LogP contribution is -2.27. The molecule has 0 bridgehead atoms. The minimum Gasteiger partial charge on any atom is -0.465 e. The summed E-state index contributed by atoms with van der Waals surface area (Å²) in [5, 5.41) is 0. The Morgan fingerprint density at radius 3 is 3.00 bits per heavy atom. The van der Waals surface area contributed by atoms with E-state index >= 15 is 0 Å². The number of fused-ring (bicyclic) bond motifs is 1. The zero-order chi connectivity index (χ0) is 14.8. The molecule has 1 aliphatic heterocycles. The maximum Gasteiger partial charge on any atom is 0.345 e. The third-order valence-electron chi connectivity index (χ3n) is 3.10. The number of rotatable bonds is 3. The summed E-state index contributed by atoms with van der Waals surface area (Å²) in [5.74, 6) is 0.609. The third-order valence-corrected chi connectivity index (χ3v) is 3.10. The van der Waals surface area contributed by atoms with E-state index in [4.69, 9.17) is 9.47 Å². The molecule has 21 heavy (non-hydrogen) atoms. The number of esters is 1. The van der Waals surface area contributed by atoms with Gasteiger partial charge in [0, 0.05) is 6.20 Å². The first-order chi connectivity index (χ1) is 10.2. The fourth-order valence-electron chi connectivity index (χ4n) is 2.05. The van der Waals surface area contributed by atoms with Crippen LogP contribution in [-0.2, 0) is 11.3 Å². The first kappa shape index (κ1) is 13.2. The second-order valence-corrected chi connectivity index (χ2v) is 4.42. The number of ether oxygens (including phenoxy) is 3. The SMILES string of the molecule is COC(=O)c1cncn(Cc2ccc3c(c2)OCO3)c1=O. The Morgan fingerprint density at radius 2 is 2.19 bits per heavy atom. The molecular formula is C14H12N2O5. The molecule has 0 aliphatic carbocycles. The molecule has 0 N–H and O–H groups in total. The van der Waals surface area contributed by atoms with E-state index in [2.05, 4.69) is 9.72 Å². The summed E-state index contributed by atoms with van der Waals surface area (Å²) >= 11 is 0. The van der Waals surface area contributed by atoms with Crippen LogP contribution in [0, 0.1) is 0 Å². The molecule has 0 radical (unpaired) electrons. The fourth-order valence-corrected chi connectivity index (χ4v) is 2.05. The summed E-state index contributed by atoms with van der Waals surface area (Å²) in [6.45, 7) is 0.464. The summed E-state index contributed by atoms with van der Waals surface area (Å²) in [5.41, 5.74) is 0.292. The Labute approximate surface area is 119 Å². The van der Waals surface area contributed by atoms with Gasteiger partial charge in [-0.1, -0.05) is 6.07 Å². The van der Waals surface area contributed by atoms with Gasteiger partial charge in [0.2, 0.25) is 6.79 Å². The molecule has 0 saturated heterocycles. The van der Waals surface area contributed by atoms with Gasteiger partial charge in [-0.2, -0.15) is 0 Å². The highest BCUT2D eigenvalue weighted by Gasteiger charge is 2.15. The van der Waals surface area contributed by atoms with Crippen molar-refractivity contribution in [1.82, 2.24) is 9.55 Å². The second-order valence-electron chi connectivity index (χ2n) is 4.42. The van der Waals surface area contributed by atoms with E-state index in [1.165, 1.54) is 24.2 Å². The van der Waals surface area contributed by atoms with Gasteiger partial charge in [0.25, 0.3) is 5.56 Å². The molecule has 0 spiro atoms. The molecule has 0 unspecified atom stereocenters. The third kappa shape index (κ3) is 2.45. The highest BCUT2D eigenvalue weighted by atomic mass is 16.7. The number of methoxy groups -OCH3 is 1. The maximum atomic E-state index is 12.2. The van der Waals surface area contributed by atoms with Crippen LogP contribution in [-0.4, -0.2) is 29.4 Å². The summed E-state index contributed by atoms with van der Waals surface area (Å²) in [7, 11) is 1.22. The van der Waals surface area contributed by atoms with Gasteiger partial charge in [0.1, 0.15) is 5.56 Å². The Morgan fingerprint density at radius 1 is 1.38 bits per heavy atom. The number of aromatic nitrogens is 2. The summed E-state index contributed by atoms with van der Waals surface area (Å²) in [4.78, 5) is 27.5. The minimum atomic E-state index is -0.701. The van der Waals surface area contributed by atoms with Crippen molar-refractivity contribution in [3.05, 3.63) is 52.2 Å². The lowest BCUT2D eigenvalue weighted by Gasteiger charge is -2.07. The van der Waals surface area contributed by atoms with Crippen molar-refractivity contribution in [2.24, 2.45) is 0 Å². The minimum absolute atomic E-state index is 0.0965. The highest BCUT2D eigenvalue weighted by molar-refractivity contribution is 5.88. The van der Waals surface area contributed by atoms with Crippen LogP contribution in [0.5, 0.6) is 11.5 Å². The van der Waals surface area contributed by atoms with Crippen LogP contribution in [0.3, 0.4) is 0 Å². The van der Waals surface area contributed by atoms with E-state index in [-0.39, 0.29) is 18.9 Å². The van der Waals surface area contributed by atoms with Crippen LogP contribution in [0.2, 0.25) is 0 Å². The van der Waals surface area contributed by atoms with Gasteiger partial charge in [0.15, 0.2) is 11.5 Å². The van der Waals surface area contributed by atoms with Crippen molar-refractivity contribution in [3.8, 4) is 11.5 Å². The molecular weight excluding hydrogens is 276 g/mol. The molecule has 1 aliphatic rings. The number of hydrogen-bond acceptors (Lipinski definition) is 6. The van der Waals surface area contributed by atoms with E-state index in [1.54, 1.807) is 12.1 Å². The number of hydrogen-bond donors (Lipinski definition) is 0. The molecule has 0 atom stereocenters. The molecule has 2 heterocycles. The van der Waals surface area contributed by atoms with Crippen LogP contribution >= 0.6 is 0 Å². The van der Waals surface area contributed by atoms with Gasteiger partial charge < -0.3 is 14.2 Å². The number of carbonyl (C=O) groups is 1. The average molecular weight is 288 g/mol. The molecule has 108 valence electrons. The van der Waals surface area contributed by atoms with Crippen LogP contribution in [0.4, 0.5) is 0 Å². The van der Waals surface area contributed by atoms with Gasteiger partial charge in [-0.3, -0.25) is 9.36 Å². The Hall–Kier alpha value is -2.83. The van der Waals surface area contributed by atoms with E-state index < -0.39 is 11.5 Å². The Kier molecular flexibility index (Phi) is 3.31. The van der Waals surface area contributed by atoms with Gasteiger partial charge in [-0.05, 0) is 17.7 Å². The first-order valence-corrected chi connectivity index (χ1v) is 6.20. The van der Waals surface area contributed by atoms with E-state index in [9.17, 15) is 9.59 Å². The van der Waals surface area contributed by atoms with Crippen molar-refractivity contribution >= 4 is 5.97 Å². The zero-order valence-corrected chi connectivity index (χ0v) is 11.2. The van der Waals surface area contributed by atoms with Gasteiger partial charge in [-0.15, -0.1) is 0 Å². The second kappa shape index (κ2) is 5.28. The van der Waals surface area contributed by atoms with E-state index in [0.717, 1.165) is 5.56 Å². The molecule has 7 heteroatoms.